The van der Waals surface area contributed by atoms with Crippen LogP contribution in [0.15, 0.2) is 0 Å². The second-order valence-electron chi connectivity index (χ2n) is 3.28. The van der Waals surface area contributed by atoms with E-state index in [9.17, 15) is 10.2 Å². The third-order valence-corrected chi connectivity index (χ3v) is 1.92. The van der Waals surface area contributed by atoms with Crippen LogP contribution >= 0.6 is 0 Å². The Bertz CT molecular complexity index is 158. The largest absolute Gasteiger partial charge is 0.394 e. The highest BCUT2D eigenvalue weighted by molar-refractivity contribution is 4.88. The molecule has 0 aliphatic carbocycles. The van der Waals surface area contributed by atoms with Gasteiger partial charge >= 0.3 is 0 Å². The van der Waals surface area contributed by atoms with E-state index in [0.717, 1.165) is 0 Å². The van der Waals surface area contributed by atoms with Crippen molar-refractivity contribution >= 4 is 0 Å². The van der Waals surface area contributed by atoms with Crippen molar-refractivity contribution in [2.75, 3.05) is 6.61 Å². The van der Waals surface area contributed by atoms with Gasteiger partial charge < -0.3 is 25.2 Å². The first-order valence-electron chi connectivity index (χ1n) is 3.83. The Balaban J connectivity index is 2.57. The highest BCUT2D eigenvalue weighted by atomic mass is 16.7. The van der Waals surface area contributed by atoms with Gasteiger partial charge in [0.05, 0.1) is 12.7 Å². The minimum Gasteiger partial charge on any atom is -0.394 e. The molecule has 5 nitrogen and oxygen atoms in total. The van der Waals surface area contributed by atoms with Crippen molar-refractivity contribution in [3.63, 3.8) is 0 Å². The van der Waals surface area contributed by atoms with Gasteiger partial charge in [-0.2, -0.15) is 0 Å². The van der Waals surface area contributed by atoms with Crippen LogP contribution in [0, 0.1) is 0 Å². The summed E-state index contributed by atoms with van der Waals surface area (Å²) in [5, 5.41) is 36.2. The van der Waals surface area contributed by atoms with Crippen molar-refractivity contribution in [2.45, 2.75) is 37.4 Å². The van der Waals surface area contributed by atoms with Crippen molar-refractivity contribution in [3.8, 4) is 0 Å². The zero-order chi connectivity index (χ0) is 9.35. The molecule has 0 spiro atoms. The molecule has 1 aliphatic rings. The van der Waals surface area contributed by atoms with Gasteiger partial charge in [0.15, 0.2) is 5.79 Å². The van der Waals surface area contributed by atoms with Crippen LogP contribution < -0.4 is 0 Å². The molecule has 1 heterocycles. The third-order valence-electron chi connectivity index (χ3n) is 1.92. The molecule has 1 saturated heterocycles. The normalized spacial score (nSPS) is 44.8. The van der Waals surface area contributed by atoms with Crippen LogP contribution in [0.2, 0.25) is 0 Å². The van der Waals surface area contributed by atoms with Gasteiger partial charge in [0.2, 0.25) is 0 Å². The molecule has 1 aliphatic heterocycles. The lowest BCUT2D eigenvalue weighted by atomic mass is 10.1. The van der Waals surface area contributed by atoms with Gasteiger partial charge in [0.1, 0.15) is 12.2 Å². The fourth-order valence-electron chi connectivity index (χ4n) is 1.36. The molecule has 0 aromatic carbocycles. The molecule has 12 heavy (non-hydrogen) atoms. The summed E-state index contributed by atoms with van der Waals surface area (Å²) in [4.78, 5) is 0. The quantitative estimate of drug-likeness (QED) is 0.400. The molecule has 0 aromatic heterocycles. The Hall–Kier alpha value is -0.200. The molecule has 0 saturated carbocycles. The Morgan fingerprint density at radius 2 is 2.25 bits per heavy atom. The van der Waals surface area contributed by atoms with Crippen molar-refractivity contribution in [1.29, 1.82) is 0 Å². The lowest BCUT2D eigenvalue weighted by Gasteiger charge is -2.20. The zero-order valence-corrected chi connectivity index (χ0v) is 6.84. The maximum absolute atomic E-state index is 9.30. The highest BCUT2D eigenvalue weighted by Crippen LogP contribution is 2.29. The van der Waals surface area contributed by atoms with Crippen LogP contribution in [0.4, 0.5) is 0 Å². The molecule has 72 valence electrons. The van der Waals surface area contributed by atoms with E-state index in [4.69, 9.17) is 14.9 Å². The molecule has 5 heteroatoms. The predicted octanol–water partition coefficient (Wildman–Crippen LogP) is -1.80. The number of hydrogen-bond donors (Lipinski definition) is 4. The third kappa shape index (κ3) is 1.94. The summed E-state index contributed by atoms with van der Waals surface area (Å²) < 4.78 is 4.91. The van der Waals surface area contributed by atoms with Gasteiger partial charge in [-0.05, 0) is 6.92 Å². The molecule has 1 fully saturated rings. The van der Waals surface area contributed by atoms with Gasteiger partial charge in [0.25, 0.3) is 0 Å². The summed E-state index contributed by atoms with van der Waals surface area (Å²) in [6.45, 7) is 0.915. The van der Waals surface area contributed by atoms with Crippen molar-refractivity contribution < 1.29 is 25.2 Å². The lowest BCUT2D eigenvalue weighted by molar-refractivity contribution is -0.200. The molecule has 0 aromatic rings. The average Bonchev–Trinajstić information content (AvgIpc) is 2.23. The Morgan fingerprint density at radius 3 is 2.58 bits per heavy atom. The van der Waals surface area contributed by atoms with E-state index in [-0.39, 0.29) is 6.42 Å². The summed E-state index contributed by atoms with van der Waals surface area (Å²) in [6.07, 6.45) is -2.92. The fraction of sp³-hybridized carbons (Fsp3) is 1.00. The summed E-state index contributed by atoms with van der Waals surface area (Å²) in [6, 6.07) is 0. The lowest BCUT2D eigenvalue weighted by Crippen LogP contribution is -2.37. The topological polar surface area (TPSA) is 90.2 Å². The molecular formula is C7H14O5. The molecule has 1 unspecified atom stereocenters. The second kappa shape index (κ2) is 3.27. The second-order valence-corrected chi connectivity index (χ2v) is 3.28. The Morgan fingerprint density at radius 1 is 1.67 bits per heavy atom. The van der Waals surface area contributed by atoms with Gasteiger partial charge in [-0.1, -0.05) is 0 Å². The summed E-state index contributed by atoms with van der Waals surface area (Å²) in [5.74, 6) is -1.40. The number of rotatable bonds is 2. The first-order chi connectivity index (χ1) is 5.46. The van der Waals surface area contributed by atoms with Gasteiger partial charge in [-0.3, -0.25) is 0 Å². The van der Waals surface area contributed by atoms with E-state index in [2.05, 4.69) is 0 Å². The molecule has 4 N–H and O–H groups in total. The number of ether oxygens (including phenoxy) is 1. The zero-order valence-electron chi connectivity index (χ0n) is 6.84. The van der Waals surface area contributed by atoms with Crippen molar-refractivity contribution in [1.82, 2.24) is 0 Å². The predicted molar refractivity (Wildman–Crippen MR) is 39.2 cm³/mol. The summed E-state index contributed by atoms with van der Waals surface area (Å²) >= 11 is 0. The molecule has 0 radical (unpaired) electrons. The minimum absolute atomic E-state index is 0.0503. The van der Waals surface area contributed by atoms with Gasteiger partial charge in [-0.15, -0.1) is 0 Å². The van der Waals surface area contributed by atoms with Crippen LogP contribution in [-0.2, 0) is 4.74 Å². The summed E-state index contributed by atoms with van der Waals surface area (Å²) in [7, 11) is 0. The van der Waals surface area contributed by atoms with E-state index in [1.54, 1.807) is 0 Å². The molecule has 1 rings (SSSR count). The maximum atomic E-state index is 9.30. The van der Waals surface area contributed by atoms with Gasteiger partial charge in [0, 0.05) is 6.42 Å². The molecule has 0 amide bonds. The molecule has 4 atom stereocenters. The smallest absolute Gasteiger partial charge is 0.165 e. The standard InChI is InChI=1S/C7H14O5/c1-7(11)2-4(9)6(12-7)5(10)3-8/h4-6,8-11H,2-3H2,1H3/t4-,5-,6+,7?/m0/s1. The van der Waals surface area contributed by atoms with Crippen LogP contribution in [0.25, 0.3) is 0 Å². The average molecular weight is 178 g/mol. The number of hydrogen-bond acceptors (Lipinski definition) is 5. The maximum Gasteiger partial charge on any atom is 0.165 e. The highest BCUT2D eigenvalue weighted by Gasteiger charge is 2.44. The molecular weight excluding hydrogens is 164 g/mol. The van der Waals surface area contributed by atoms with E-state index in [0.29, 0.717) is 0 Å². The van der Waals surface area contributed by atoms with E-state index in [1.165, 1.54) is 6.92 Å². The van der Waals surface area contributed by atoms with Crippen LogP contribution in [0.5, 0.6) is 0 Å². The first kappa shape index (κ1) is 9.88. The van der Waals surface area contributed by atoms with E-state index < -0.39 is 30.7 Å². The van der Waals surface area contributed by atoms with Crippen molar-refractivity contribution in [2.24, 2.45) is 0 Å². The van der Waals surface area contributed by atoms with Crippen LogP contribution in [0.3, 0.4) is 0 Å². The SMILES string of the molecule is CC1(O)C[C@H](O)[C@H]([C@@H](O)CO)O1. The van der Waals surface area contributed by atoms with Crippen molar-refractivity contribution in [3.05, 3.63) is 0 Å². The van der Waals surface area contributed by atoms with E-state index in [1.807, 2.05) is 0 Å². The number of aliphatic hydroxyl groups excluding tert-OH is 3. The first-order valence-corrected chi connectivity index (χ1v) is 3.83. The van der Waals surface area contributed by atoms with E-state index >= 15 is 0 Å². The van der Waals surface area contributed by atoms with Gasteiger partial charge in [-0.25, -0.2) is 0 Å². The molecule has 0 bridgehead atoms. The fourth-order valence-corrected chi connectivity index (χ4v) is 1.36. The Labute approximate surface area is 70.2 Å². The minimum atomic E-state index is -1.40. The summed E-state index contributed by atoms with van der Waals surface area (Å²) in [5.41, 5.74) is 0. The number of aliphatic hydroxyl groups is 4. The Kier molecular flexibility index (Phi) is 2.70. The van der Waals surface area contributed by atoms with Crippen LogP contribution in [-0.4, -0.2) is 51.1 Å². The monoisotopic (exact) mass is 178 g/mol. The van der Waals surface area contributed by atoms with Crippen LogP contribution in [0.1, 0.15) is 13.3 Å².